The third-order valence-electron chi connectivity index (χ3n) is 4.65. The van der Waals surface area contributed by atoms with Crippen LogP contribution in [0.5, 0.6) is 0 Å². The Morgan fingerprint density at radius 3 is 2.43 bits per heavy atom. The molecule has 21 heavy (non-hydrogen) atoms. The number of nitrogen functional groups attached to an aromatic ring is 2. The second kappa shape index (κ2) is 5.35. The van der Waals surface area contributed by atoms with Crippen molar-refractivity contribution < 1.29 is 0 Å². The molecule has 0 amide bonds. The summed E-state index contributed by atoms with van der Waals surface area (Å²) in [6.45, 7) is 4.62. The van der Waals surface area contributed by atoms with E-state index in [1.54, 1.807) is 6.07 Å². The van der Waals surface area contributed by atoms with Crippen LogP contribution in [0.2, 0.25) is 0 Å². The minimum Gasteiger partial charge on any atom is -0.399 e. The fraction of sp³-hybridized carbons (Fsp3) is 0.533. The van der Waals surface area contributed by atoms with Gasteiger partial charge in [0.25, 0.3) is 0 Å². The van der Waals surface area contributed by atoms with Crippen LogP contribution in [0.4, 0.5) is 11.4 Å². The maximum Gasteiger partial charge on any atom is 0.182 e. The van der Waals surface area contributed by atoms with E-state index in [0.717, 1.165) is 30.1 Å². The van der Waals surface area contributed by atoms with Crippen molar-refractivity contribution in [2.75, 3.05) is 11.5 Å². The van der Waals surface area contributed by atoms with E-state index in [1.165, 1.54) is 6.42 Å². The summed E-state index contributed by atoms with van der Waals surface area (Å²) in [7, 11) is 0. The van der Waals surface area contributed by atoms with Gasteiger partial charge >= 0.3 is 0 Å². The van der Waals surface area contributed by atoms with Crippen molar-refractivity contribution in [3.05, 3.63) is 18.2 Å². The van der Waals surface area contributed by atoms with Crippen LogP contribution in [0.15, 0.2) is 18.2 Å². The zero-order chi connectivity index (χ0) is 15.0. The average molecular weight is 286 g/mol. The van der Waals surface area contributed by atoms with Gasteiger partial charge in [0, 0.05) is 16.9 Å². The number of nitrogens with zero attached hydrogens (tertiary/aromatic N) is 4. The predicted octanol–water partition coefficient (Wildman–Crippen LogP) is 2.50. The van der Waals surface area contributed by atoms with Crippen molar-refractivity contribution in [3.63, 3.8) is 0 Å². The van der Waals surface area contributed by atoms with Gasteiger partial charge in [0.2, 0.25) is 0 Å². The molecule has 1 aliphatic carbocycles. The maximum absolute atomic E-state index is 5.88. The smallest absolute Gasteiger partial charge is 0.182 e. The lowest BCUT2D eigenvalue weighted by atomic mass is 9.79. The van der Waals surface area contributed by atoms with E-state index in [0.29, 0.717) is 23.3 Å². The number of hydrogen-bond acceptors (Lipinski definition) is 5. The van der Waals surface area contributed by atoms with Crippen LogP contribution in [0.3, 0.4) is 0 Å². The zero-order valence-electron chi connectivity index (χ0n) is 12.5. The Balaban J connectivity index is 1.94. The van der Waals surface area contributed by atoms with Crippen molar-refractivity contribution in [3.8, 4) is 11.4 Å². The van der Waals surface area contributed by atoms with Crippen LogP contribution >= 0.6 is 0 Å². The second-order valence-electron chi connectivity index (χ2n) is 6.26. The Labute approximate surface area is 124 Å². The van der Waals surface area contributed by atoms with Gasteiger partial charge in [-0.2, -0.15) is 0 Å². The van der Waals surface area contributed by atoms with E-state index < -0.39 is 0 Å². The van der Waals surface area contributed by atoms with Gasteiger partial charge in [-0.25, -0.2) is 4.68 Å². The Bertz CT molecular complexity index is 615. The predicted molar refractivity (Wildman–Crippen MR) is 83.3 cm³/mol. The molecule has 0 saturated heterocycles. The first-order chi connectivity index (χ1) is 10.0. The number of nitrogens with two attached hydrogens (primary N) is 2. The molecule has 1 aromatic heterocycles. The first-order valence-corrected chi connectivity index (χ1v) is 7.49. The Kier molecular flexibility index (Phi) is 3.53. The van der Waals surface area contributed by atoms with E-state index in [4.69, 9.17) is 11.5 Å². The lowest BCUT2D eigenvalue weighted by Crippen LogP contribution is -2.24. The van der Waals surface area contributed by atoms with Crippen LogP contribution in [-0.4, -0.2) is 20.2 Å². The minimum absolute atomic E-state index is 0.351. The van der Waals surface area contributed by atoms with Gasteiger partial charge in [-0.15, -0.1) is 5.10 Å². The van der Waals surface area contributed by atoms with Crippen LogP contribution < -0.4 is 11.5 Å². The summed E-state index contributed by atoms with van der Waals surface area (Å²) in [6, 6.07) is 5.83. The highest BCUT2D eigenvalue weighted by Gasteiger charge is 2.28. The number of aromatic nitrogens is 4. The van der Waals surface area contributed by atoms with E-state index in [9.17, 15) is 0 Å². The van der Waals surface area contributed by atoms with Gasteiger partial charge in [-0.05, 0) is 59.7 Å². The molecule has 0 aliphatic heterocycles. The van der Waals surface area contributed by atoms with Crippen LogP contribution in [-0.2, 0) is 0 Å². The highest BCUT2D eigenvalue weighted by atomic mass is 15.5. The fourth-order valence-electron chi connectivity index (χ4n) is 3.18. The number of tetrazole rings is 1. The molecule has 1 aromatic carbocycles. The normalized spacial score (nSPS) is 25.9. The molecule has 1 fully saturated rings. The van der Waals surface area contributed by atoms with Gasteiger partial charge in [-0.1, -0.05) is 13.8 Å². The molecule has 112 valence electrons. The molecule has 6 nitrogen and oxygen atoms in total. The molecule has 2 aromatic rings. The molecule has 1 heterocycles. The van der Waals surface area contributed by atoms with E-state index >= 15 is 0 Å². The number of rotatable bonds is 2. The van der Waals surface area contributed by atoms with Crippen LogP contribution in [0.25, 0.3) is 11.4 Å². The zero-order valence-corrected chi connectivity index (χ0v) is 12.5. The topological polar surface area (TPSA) is 95.6 Å². The van der Waals surface area contributed by atoms with E-state index in [2.05, 4.69) is 29.4 Å². The number of hydrogen-bond donors (Lipinski definition) is 2. The van der Waals surface area contributed by atoms with Crippen molar-refractivity contribution in [2.45, 2.75) is 39.2 Å². The summed E-state index contributed by atoms with van der Waals surface area (Å²) >= 11 is 0. The monoisotopic (exact) mass is 286 g/mol. The fourth-order valence-corrected chi connectivity index (χ4v) is 3.18. The summed E-state index contributed by atoms with van der Waals surface area (Å²) in [5.74, 6) is 2.21. The molecule has 0 bridgehead atoms. The van der Waals surface area contributed by atoms with Crippen molar-refractivity contribution in [2.24, 2.45) is 11.8 Å². The number of benzene rings is 1. The van der Waals surface area contributed by atoms with Gasteiger partial charge in [0.15, 0.2) is 5.82 Å². The van der Waals surface area contributed by atoms with Crippen molar-refractivity contribution in [1.82, 2.24) is 20.2 Å². The highest BCUT2D eigenvalue weighted by Crippen LogP contribution is 2.37. The van der Waals surface area contributed by atoms with Crippen LogP contribution in [0.1, 0.15) is 39.2 Å². The molecule has 6 heteroatoms. The summed E-state index contributed by atoms with van der Waals surface area (Å²) in [6.07, 6.45) is 3.43. The lowest BCUT2D eigenvalue weighted by Gasteiger charge is -2.32. The molecule has 3 rings (SSSR count). The molecule has 3 unspecified atom stereocenters. The first kappa shape index (κ1) is 13.9. The molecule has 1 aliphatic rings. The Morgan fingerprint density at radius 2 is 1.76 bits per heavy atom. The highest BCUT2D eigenvalue weighted by molar-refractivity contribution is 5.67. The van der Waals surface area contributed by atoms with Crippen LogP contribution in [0, 0.1) is 11.8 Å². The molecule has 0 radical (unpaired) electrons. The summed E-state index contributed by atoms with van der Waals surface area (Å²) < 4.78 is 1.94. The summed E-state index contributed by atoms with van der Waals surface area (Å²) in [4.78, 5) is 0. The molecule has 1 saturated carbocycles. The number of anilines is 2. The molecular formula is C15H22N6. The second-order valence-corrected chi connectivity index (χ2v) is 6.26. The van der Waals surface area contributed by atoms with Crippen molar-refractivity contribution >= 4 is 11.4 Å². The molecule has 4 N–H and O–H groups in total. The van der Waals surface area contributed by atoms with Gasteiger partial charge < -0.3 is 11.5 Å². The summed E-state index contributed by atoms with van der Waals surface area (Å²) in [5, 5.41) is 12.2. The third kappa shape index (κ3) is 2.70. The SMILES string of the molecule is CC1CCC(n2nnnc2-c2cc(N)cc(N)c2)CC1C. The lowest BCUT2D eigenvalue weighted by molar-refractivity contribution is 0.200. The van der Waals surface area contributed by atoms with E-state index in [-0.39, 0.29) is 0 Å². The third-order valence-corrected chi connectivity index (χ3v) is 4.65. The summed E-state index contributed by atoms with van der Waals surface area (Å²) in [5.41, 5.74) is 13.9. The van der Waals surface area contributed by atoms with Gasteiger partial charge in [-0.3, -0.25) is 0 Å². The maximum atomic E-state index is 5.88. The Hall–Kier alpha value is -2.11. The molecular weight excluding hydrogens is 264 g/mol. The van der Waals surface area contributed by atoms with E-state index in [1.807, 2.05) is 16.8 Å². The van der Waals surface area contributed by atoms with Gasteiger partial charge in [0.1, 0.15) is 0 Å². The standard InChI is InChI=1S/C15H22N6/c1-9-3-4-14(5-10(9)2)21-15(18-19-20-21)11-6-12(16)8-13(17)7-11/h6-10,14H,3-5,16-17H2,1-2H3. The largest absolute Gasteiger partial charge is 0.399 e. The molecule has 3 atom stereocenters. The quantitative estimate of drug-likeness (QED) is 0.827. The van der Waals surface area contributed by atoms with Crippen molar-refractivity contribution in [1.29, 1.82) is 0 Å². The minimum atomic E-state index is 0.351. The Morgan fingerprint density at radius 1 is 1.05 bits per heavy atom. The molecule has 0 spiro atoms. The van der Waals surface area contributed by atoms with Gasteiger partial charge in [0.05, 0.1) is 6.04 Å². The first-order valence-electron chi connectivity index (χ1n) is 7.49. The average Bonchev–Trinajstić information content (AvgIpc) is 2.90.